The summed E-state index contributed by atoms with van der Waals surface area (Å²) in [4.78, 5) is 0. The zero-order valence-electron chi connectivity index (χ0n) is 9.86. The Morgan fingerprint density at radius 1 is 1.20 bits per heavy atom. The second-order valence-corrected chi connectivity index (χ2v) is 3.38. The summed E-state index contributed by atoms with van der Waals surface area (Å²) in [6.45, 7) is 11.4. The SMILES string of the molecule is C=CC/C=C/C(C)OC(/C=C/C)CC=C. The molecule has 0 N–H and O–H groups in total. The predicted molar refractivity (Wildman–Crippen MR) is 67.9 cm³/mol. The first-order valence-corrected chi connectivity index (χ1v) is 5.41. The number of hydrogen-bond acceptors (Lipinski definition) is 1. The van der Waals surface area contributed by atoms with Crippen molar-refractivity contribution in [2.24, 2.45) is 0 Å². The van der Waals surface area contributed by atoms with Gasteiger partial charge in [0.05, 0.1) is 12.2 Å². The van der Waals surface area contributed by atoms with Crippen molar-refractivity contribution in [1.29, 1.82) is 0 Å². The lowest BCUT2D eigenvalue weighted by Crippen LogP contribution is -2.15. The van der Waals surface area contributed by atoms with Crippen molar-refractivity contribution < 1.29 is 4.74 Å². The molecule has 1 heteroatoms. The number of hydrogen-bond donors (Lipinski definition) is 0. The topological polar surface area (TPSA) is 9.23 Å². The van der Waals surface area contributed by atoms with Gasteiger partial charge >= 0.3 is 0 Å². The van der Waals surface area contributed by atoms with Gasteiger partial charge in [0.2, 0.25) is 0 Å². The number of ether oxygens (including phenoxy) is 1. The second kappa shape index (κ2) is 9.47. The fraction of sp³-hybridized carbons (Fsp3) is 0.429. The van der Waals surface area contributed by atoms with Gasteiger partial charge in [-0.3, -0.25) is 0 Å². The first-order chi connectivity index (χ1) is 7.24. The van der Waals surface area contributed by atoms with Crippen LogP contribution in [0.1, 0.15) is 26.7 Å². The Hall–Kier alpha value is -1.08. The highest BCUT2D eigenvalue weighted by Crippen LogP contribution is 2.07. The van der Waals surface area contributed by atoms with Gasteiger partial charge in [-0.2, -0.15) is 0 Å². The highest BCUT2D eigenvalue weighted by atomic mass is 16.5. The molecule has 84 valence electrons. The minimum absolute atomic E-state index is 0.131. The third-order valence-electron chi connectivity index (χ3n) is 1.91. The van der Waals surface area contributed by atoms with Crippen LogP contribution in [0.4, 0.5) is 0 Å². The number of allylic oxidation sites excluding steroid dienone is 3. The van der Waals surface area contributed by atoms with Crippen LogP contribution >= 0.6 is 0 Å². The summed E-state index contributed by atoms with van der Waals surface area (Å²) < 4.78 is 5.80. The first kappa shape index (κ1) is 13.9. The molecular formula is C14H22O. The summed E-state index contributed by atoms with van der Waals surface area (Å²) >= 11 is 0. The van der Waals surface area contributed by atoms with Crippen molar-refractivity contribution in [3.8, 4) is 0 Å². The largest absolute Gasteiger partial charge is 0.367 e. The van der Waals surface area contributed by atoms with E-state index in [0.717, 1.165) is 12.8 Å². The molecule has 0 fully saturated rings. The molecule has 0 aromatic rings. The van der Waals surface area contributed by atoms with Crippen LogP contribution in [0.2, 0.25) is 0 Å². The van der Waals surface area contributed by atoms with Crippen molar-refractivity contribution in [1.82, 2.24) is 0 Å². The average Bonchev–Trinajstić information content (AvgIpc) is 2.19. The fourth-order valence-electron chi connectivity index (χ4n) is 1.25. The van der Waals surface area contributed by atoms with Gasteiger partial charge in [0.25, 0.3) is 0 Å². The molecule has 2 unspecified atom stereocenters. The summed E-state index contributed by atoms with van der Waals surface area (Å²) in [6.07, 6.45) is 13.9. The Morgan fingerprint density at radius 3 is 2.47 bits per heavy atom. The van der Waals surface area contributed by atoms with Crippen molar-refractivity contribution in [3.63, 3.8) is 0 Å². The lowest BCUT2D eigenvalue weighted by Gasteiger charge is -2.16. The molecule has 0 rings (SSSR count). The maximum atomic E-state index is 5.80. The van der Waals surface area contributed by atoms with E-state index in [1.807, 2.05) is 32.1 Å². The average molecular weight is 206 g/mol. The van der Waals surface area contributed by atoms with E-state index in [1.54, 1.807) is 0 Å². The van der Waals surface area contributed by atoms with Gasteiger partial charge < -0.3 is 4.74 Å². The normalized spacial score (nSPS) is 15.6. The van der Waals surface area contributed by atoms with Crippen molar-refractivity contribution >= 4 is 0 Å². The molecule has 2 atom stereocenters. The molecular weight excluding hydrogens is 184 g/mol. The van der Waals surface area contributed by atoms with Crippen molar-refractivity contribution in [2.75, 3.05) is 0 Å². The van der Waals surface area contributed by atoms with Gasteiger partial charge in [-0.15, -0.1) is 13.2 Å². The standard InChI is InChI=1S/C14H22O/c1-5-8-9-12-13(4)15-14(10-6-2)11-7-3/h5-7,9,11-14H,1-2,8,10H2,3-4H3/b11-7+,12-9+. The van der Waals surface area contributed by atoms with E-state index in [2.05, 4.69) is 31.4 Å². The smallest absolute Gasteiger partial charge is 0.0797 e. The highest BCUT2D eigenvalue weighted by Gasteiger charge is 2.05. The minimum Gasteiger partial charge on any atom is -0.367 e. The third-order valence-corrected chi connectivity index (χ3v) is 1.91. The van der Waals surface area contributed by atoms with Crippen LogP contribution in [0.25, 0.3) is 0 Å². The Balaban J connectivity index is 4.02. The summed E-state index contributed by atoms with van der Waals surface area (Å²) in [6, 6.07) is 0. The molecule has 15 heavy (non-hydrogen) atoms. The molecule has 0 amide bonds. The molecule has 0 saturated carbocycles. The summed E-state index contributed by atoms with van der Waals surface area (Å²) in [5.41, 5.74) is 0. The monoisotopic (exact) mass is 206 g/mol. The van der Waals surface area contributed by atoms with Crippen LogP contribution < -0.4 is 0 Å². The molecule has 0 aromatic carbocycles. The molecule has 0 aromatic heterocycles. The lowest BCUT2D eigenvalue weighted by atomic mass is 10.2. The van der Waals surface area contributed by atoms with E-state index in [1.165, 1.54) is 0 Å². The highest BCUT2D eigenvalue weighted by molar-refractivity contribution is 4.96. The van der Waals surface area contributed by atoms with Crippen LogP contribution in [0.15, 0.2) is 49.6 Å². The zero-order valence-corrected chi connectivity index (χ0v) is 9.86. The van der Waals surface area contributed by atoms with E-state index >= 15 is 0 Å². The molecule has 0 aliphatic carbocycles. The van der Waals surface area contributed by atoms with Crippen LogP contribution in [0.5, 0.6) is 0 Å². The Labute approximate surface area is 93.8 Å². The first-order valence-electron chi connectivity index (χ1n) is 5.41. The van der Waals surface area contributed by atoms with E-state index in [-0.39, 0.29) is 12.2 Å². The Kier molecular flexibility index (Phi) is 8.79. The van der Waals surface area contributed by atoms with Gasteiger partial charge in [-0.25, -0.2) is 0 Å². The van der Waals surface area contributed by atoms with E-state index in [4.69, 9.17) is 4.74 Å². The second-order valence-electron chi connectivity index (χ2n) is 3.38. The quantitative estimate of drug-likeness (QED) is 0.544. The van der Waals surface area contributed by atoms with Gasteiger partial charge in [0, 0.05) is 0 Å². The van der Waals surface area contributed by atoms with Gasteiger partial charge in [0.1, 0.15) is 0 Å². The molecule has 0 heterocycles. The van der Waals surface area contributed by atoms with Crippen LogP contribution in [0, 0.1) is 0 Å². The van der Waals surface area contributed by atoms with Gasteiger partial charge in [0.15, 0.2) is 0 Å². The molecule has 0 saturated heterocycles. The molecule has 0 radical (unpaired) electrons. The van der Waals surface area contributed by atoms with E-state index < -0.39 is 0 Å². The Bertz CT molecular complexity index is 225. The summed E-state index contributed by atoms with van der Waals surface area (Å²) in [5.74, 6) is 0. The number of rotatable bonds is 8. The summed E-state index contributed by atoms with van der Waals surface area (Å²) in [5, 5.41) is 0. The predicted octanol–water partition coefficient (Wildman–Crippen LogP) is 4.04. The van der Waals surface area contributed by atoms with Gasteiger partial charge in [-0.1, -0.05) is 36.5 Å². The molecule has 0 aliphatic heterocycles. The maximum Gasteiger partial charge on any atom is 0.0797 e. The van der Waals surface area contributed by atoms with Crippen LogP contribution in [0.3, 0.4) is 0 Å². The molecule has 0 spiro atoms. The van der Waals surface area contributed by atoms with Crippen molar-refractivity contribution in [2.45, 2.75) is 38.9 Å². The Morgan fingerprint density at radius 2 is 1.93 bits per heavy atom. The molecule has 0 aliphatic rings. The maximum absolute atomic E-state index is 5.80. The van der Waals surface area contributed by atoms with E-state index in [9.17, 15) is 0 Å². The molecule has 0 bridgehead atoms. The van der Waals surface area contributed by atoms with Crippen LogP contribution in [-0.2, 0) is 4.74 Å². The van der Waals surface area contributed by atoms with E-state index in [0.29, 0.717) is 0 Å². The lowest BCUT2D eigenvalue weighted by molar-refractivity contribution is 0.0537. The third kappa shape index (κ3) is 7.95. The fourth-order valence-corrected chi connectivity index (χ4v) is 1.25. The summed E-state index contributed by atoms with van der Waals surface area (Å²) in [7, 11) is 0. The van der Waals surface area contributed by atoms with Crippen molar-refractivity contribution in [3.05, 3.63) is 49.6 Å². The zero-order chi connectivity index (χ0) is 11.5. The molecule has 1 nitrogen and oxygen atoms in total. The minimum atomic E-state index is 0.131. The van der Waals surface area contributed by atoms with Gasteiger partial charge in [-0.05, 0) is 26.7 Å². The van der Waals surface area contributed by atoms with Crippen LogP contribution in [-0.4, -0.2) is 12.2 Å².